The lowest BCUT2D eigenvalue weighted by Gasteiger charge is -2.14. The number of hydrogen-bond donors (Lipinski definition) is 1. The van der Waals surface area contributed by atoms with Crippen LogP contribution in [-0.2, 0) is 0 Å². The number of rotatable bonds is 4. The van der Waals surface area contributed by atoms with E-state index in [-0.39, 0.29) is 6.04 Å². The number of hydrogen-bond acceptors (Lipinski definition) is 3. The van der Waals surface area contributed by atoms with Crippen molar-refractivity contribution in [1.29, 1.82) is 0 Å². The lowest BCUT2D eigenvalue weighted by molar-refractivity contribution is 0.268. The van der Waals surface area contributed by atoms with Crippen molar-refractivity contribution < 1.29 is 9.15 Å². The molecule has 0 spiro atoms. The van der Waals surface area contributed by atoms with Crippen molar-refractivity contribution in [3.63, 3.8) is 0 Å². The molecule has 0 saturated carbocycles. The van der Waals surface area contributed by atoms with E-state index in [1.807, 2.05) is 51.1 Å². The monoisotopic (exact) mass is 245 g/mol. The van der Waals surface area contributed by atoms with Gasteiger partial charge in [-0.05, 0) is 44.0 Å². The second-order valence-corrected chi connectivity index (χ2v) is 4.59. The highest BCUT2D eigenvalue weighted by molar-refractivity contribution is 5.39. The van der Waals surface area contributed by atoms with Crippen LogP contribution in [0.2, 0.25) is 0 Å². The highest BCUT2D eigenvalue weighted by atomic mass is 16.5. The minimum Gasteiger partial charge on any atom is -0.491 e. The summed E-state index contributed by atoms with van der Waals surface area (Å²) in [6.07, 6.45) is 0. The van der Waals surface area contributed by atoms with Crippen LogP contribution in [0.3, 0.4) is 0 Å². The lowest BCUT2D eigenvalue weighted by atomic mass is 10.1. The third kappa shape index (κ3) is 2.74. The molecular formula is C15H19NO2. The van der Waals surface area contributed by atoms with Gasteiger partial charge in [-0.3, -0.25) is 0 Å². The first-order valence-corrected chi connectivity index (χ1v) is 6.09. The van der Waals surface area contributed by atoms with Crippen molar-refractivity contribution in [1.82, 2.24) is 0 Å². The van der Waals surface area contributed by atoms with Gasteiger partial charge in [-0.15, -0.1) is 0 Å². The normalized spacial score (nSPS) is 12.4. The van der Waals surface area contributed by atoms with E-state index in [4.69, 9.17) is 14.9 Å². The second-order valence-electron chi connectivity index (χ2n) is 4.59. The van der Waals surface area contributed by atoms with E-state index in [1.54, 1.807) is 0 Å². The van der Waals surface area contributed by atoms with Crippen molar-refractivity contribution in [3.8, 4) is 5.75 Å². The van der Waals surface area contributed by atoms with Crippen molar-refractivity contribution >= 4 is 0 Å². The van der Waals surface area contributed by atoms with Gasteiger partial charge in [0.05, 0.1) is 6.04 Å². The molecule has 0 bridgehead atoms. The molecule has 0 fully saturated rings. The molecule has 1 aromatic heterocycles. The van der Waals surface area contributed by atoms with Crippen LogP contribution in [-0.4, -0.2) is 6.61 Å². The molecule has 2 N–H and O–H groups in total. The highest BCUT2D eigenvalue weighted by Gasteiger charge is 2.12. The second kappa shape index (κ2) is 5.27. The van der Waals surface area contributed by atoms with Crippen molar-refractivity contribution in [2.75, 3.05) is 6.61 Å². The average Bonchev–Trinajstić information content (AvgIpc) is 2.75. The fraction of sp³-hybridized carbons (Fsp3) is 0.333. The molecule has 18 heavy (non-hydrogen) atoms. The van der Waals surface area contributed by atoms with Gasteiger partial charge in [0.1, 0.15) is 23.9 Å². The van der Waals surface area contributed by atoms with Crippen molar-refractivity contribution in [3.05, 3.63) is 53.0 Å². The van der Waals surface area contributed by atoms with Crippen LogP contribution < -0.4 is 10.5 Å². The fourth-order valence-electron chi connectivity index (χ4n) is 1.93. The maximum absolute atomic E-state index is 6.04. The maximum atomic E-state index is 6.04. The zero-order chi connectivity index (χ0) is 13.1. The standard InChI is InChI=1S/C15H19NO2/c1-10-5-4-6-11(2)15(10)17-9-13(16)14-8-7-12(3)18-14/h4-8,13H,9,16H2,1-3H3. The summed E-state index contributed by atoms with van der Waals surface area (Å²) in [5.74, 6) is 2.54. The molecule has 3 nitrogen and oxygen atoms in total. The molecule has 1 heterocycles. The Kier molecular flexibility index (Phi) is 3.72. The van der Waals surface area contributed by atoms with E-state index < -0.39 is 0 Å². The van der Waals surface area contributed by atoms with E-state index in [0.717, 1.165) is 28.4 Å². The van der Waals surface area contributed by atoms with Gasteiger partial charge in [0.25, 0.3) is 0 Å². The molecule has 0 amide bonds. The first-order valence-electron chi connectivity index (χ1n) is 6.09. The number of nitrogens with two attached hydrogens (primary N) is 1. The van der Waals surface area contributed by atoms with Gasteiger partial charge in [-0.2, -0.15) is 0 Å². The largest absolute Gasteiger partial charge is 0.491 e. The minimum atomic E-state index is -0.238. The third-order valence-electron chi connectivity index (χ3n) is 2.94. The molecule has 0 radical (unpaired) electrons. The van der Waals surface area contributed by atoms with Crippen LogP contribution in [0, 0.1) is 20.8 Å². The Morgan fingerprint density at radius 2 is 1.78 bits per heavy atom. The summed E-state index contributed by atoms with van der Waals surface area (Å²) in [6, 6.07) is 9.66. The van der Waals surface area contributed by atoms with E-state index in [9.17, 15) is 0 Å². The lowest BCUT2D eigenvalue weighted by Crippen LogP contribution is -2.19. The predicted molar refractivity (Wildman–Crippen MR) is 71.8 cm³/mol. The van der Waals surface area contributed by atoms with Gasteiger partial charge in [0, 0.05) is 0 Å². The van der Waals surface area contributed by atoms with Gasteiger partial charge < -0.3 is 14.9 Å². The molecule has 1 atom stereocenters. The summed E-state index contributed by atoms with van der Waals surface area (Å²) >= 11 is 0. The minimum absolute atomic E-state index is 0.238. The topological polar surface area (TPSA) is 48.4 Å². The van der Waals surface area contributed by atoms with Crippen LogP contribution in [0.25, 0.3) is 0 Å². The summed E-state index contributed by atoms with van der Waals surface area (Å²) in [4.78, 5) is 0. The summed E-state index contributed by atoms with van der Waals surface area (Å²) in [5.41, 5.74) is 8.28. The summed E-state index contributed by atoms with van der Waals surface area (Å²) in [6.45, 7) is 6.39. The SMILES string of the molecule is Cc1ccc(C(N)COc2c(C)cccc2C)o1. The van der Waals surface area contributed by atoms with Crippen molar-refractivity contribution in [2.45, 2.75) is 26.8 Å². The molecule has 3 heteroatoms. The van der Waals surface area contributed by atoms with Gasteiger partial charge in [0.15, 0.2) is 0 Å². The predicted octanol–water partition coefficient (Wildman–Crippen LogP) is 3.28. The van der Waals surface area contributed by atoms with E-state index in [2.05, 4.69) is 0 Å². The first-order chi connectivity index (χ1) is 8.58. The Bertz CT molecular complexity index is 511. The zero-order valence-electron chi connectivity index (χ0n) is 11.1. The van der Waals surface area contributed by atoms with Gasteiger partial charge in [-0.1, -0.05) is 18.2 Å². The van der Waals surface area contributed by atoms with Crippen molar-refractivity contribution in [2.24, 2.45) is 5.73 Å². The molecule has 0 aliphatic heterocycles. The van der Waals surface area contributed by atoms with E-state index >= 15 is 0 Å². The highest BCUT2D eigenvalue weighted by Crippen LogP contribution is 2.24. The van der Waals surface area contributed by atoms with Crippen LogP contribution in [0.4, 0.5) is 0 Å². The molecule has 2 rings (SSSR count). The summed E-state index contributed by atoms with van der Waals surface area (Å²) < 4.78 is 11.3. The van der Waals surface area contributed by atoms with Crippen LogP contribution in [0.15, 0.2) is 34.7 Å². The number of para-hydroxylation sites is 1. The van der Waals surface area contributed by atoms with Gasteiger partial charge >= 0.3 is 0 Å². The summed E-state index contributed by atoms with van der Waals surface area (Å²) in [7, 11) is 0. The van der Waals surface area contributed by atoms with Crippen LogP contribution in [0.5, 0.6) is 5.75 Å². The van der Waals surface area contributed by atoms with Gasteiger partial charge in [-0.25, -0.2) is 0 Å². The Morgan fingerprint density at radius 1 is 1.11 bits per heavy atom. The first kappa shape index (κ1) is 12.7. The number of aryl methyl sites for hydroxylation is 3. The van der Waals surface area contributed by atoms with Gasteiger partial charge in [0.2, 0.25) is 0 Å². The molecular weight excluding hydrogens is 226 g/mol. The number of benzene rings is 1. The fourth-order valence-corrected chi connectivity index (χ4v) is 1.93. The number of ether oxygens (including phenoxy) is 1. The molecule has 0 saturated heterocycles. The Morgan fingerprint density at radius 3 is 2.33 bits per heavy atom. The quantitative estimate of drug-likeness (QED) is 0.899. The Labute approximate surface area is 108 Å². The Hall–Kier alpha value is -1.74. The van der Waals surface area contributed by atoms with E-state index in [0.29, 0.717) is 6.61 Å². The van der Waals surface area contributed by atoms with E-state index in [1.165, 1.54) is 0 Å². The molecule has 2 aromatic rings. The molecule has 96 valence electrons. The smallest absolute Gasteiger partial charge is 0.125 e. The van der Waals surface area contributed by atoms with Crippen LogP contribution in [0.1, 0.15) is 28.7 Å². The Balaban J connectivity index is 2.03. The molecule has 0 aliphatic rings. The molecule has 0 aliphatic carbocycles. The molecule has 1 unspecified atom stereocenters. The maximum Gasteiger partial charge on any atom is 0.125 e. The zero-order valence-corrected chi connectivity index (χ0v) is 11.1. The molecule has 1 aromatic carbocycles. The third-order valence-corrected chi connectivity index (χ3v) is 2.94. The summed E-state index contributed by atoms with van der Waals surface area (Å²) in [5, 5.41) is 0. The number of furan rings is 1. The van der Waals surface area contributed by atoms with Crippen LogP contribution >= 0.6 is 0 Å². The average molecular weight is 245 g/mol.